The van der Waals surface area contributed by atoms with Crippen molar-refractivity contribution in [1.82, 2.24) is 5.16 Å². The van der Waals surface area contributed by atoms with Gasteiger partial charge in [-0.05, 0) is 19.1 Å². The quantitative estimate of drug-likeness (QED) is 0.650. The summed E-state index contributed by atoms with van der Waals surface area (Å²) < 4.78 is 43.5. The third kappa shape index (κ3) is 3.64. The molecule has 0 aliphatic rings. The number of halogens is 1. The van der Waals surface area contributed by atoms with Gasteiger partial charge in [0.2, 0.25) is 0 Å². The Kier molecular flexibility index (Phi) is 5.12. The normalized spacial score (nSPS) is 11.4. The summed E-state index contributed by atoms with van der Waals surface area (Å²) in [4.78, 5) is 0.652. The molecule has 0 saturated heterocycles. The molecule has 138 valence electrons. The van der Waals surface area contributed by atoms with Crippen LogP contribution in [0.25, 0.3) is 10.6 Å². The number of thiophene rings is 1. The van der Waals surface area contributed by atoms with Gasteiger partial charge in [-0.1, -0.05) is 16.8 Å². The molecule has 0 unspecified atom stereocenters. The van der Waals surface area contributed by atoms with Crippen molar-refractivity contribution < 1.29 is 22.4 Å². The number of sulfonamides is 1. The molecule has 10 heteroatoms. The van der Waals surface area contributed by atoms with E-state index in [0.717, 1.165) is 11.3 Å². The summed E-state index contributed by atoms with van der Waals surface area (Å²) in [6.45, 7) is 1.79. The van der Waals surface area contributed by atoms with Gasteiger partial charge < -0.3 is 14.0 Å². The summed E-state index contributed by atoms with van der Waals surface area (Å²) in [5, 5.41) is 3.96. The molecular weight excluding hydrogens is 400 g/mol. The van der Waals surface area contributed by atoms with Crippen molar-refractivity contribution in [2.75, 3.05) is 18.9 Å². The topological polar surface area (TPSA) is 90.7 Å². The Morgan fingerprint density at radius 2 is 1.96 bits per heavy atom. The monoisotopic (exact) mass is 414 g/mol. The first-order valence-corrected chi connectivity index (χ1v) is 9.99. The van der Waals surface area contributed by atoms with Crippen LogP contribution in [0.2, 0.25) is 5.02 Å². The number of methoxy groups -OCH3 is 2. The molecule has 0 atom stereocenters. The van der Waals surface area contributed by atoms with Crippen molar-refractivity contribution >= 4 is 38.6 Å². The molecule has 0 aliphatic heterocycles. The van der Waals surface area contributed by atoms with Gasteiger partial charge in [0, 0.05) is 18.2 Å². The molecule has 0 fully saturated rings. The van der Waals surface area contributed by atoms with E-state index < -0.39 is 10.0 Å². The lowest BCUT2D eigenvalue weighted by atomic mass is 10.3. The van der Waals surface area contributed by atoms with Gasteiger partial charge in [-0.2, -0.15) is 0 Å². The number of nitrogens with one attached hydrogen (secondary N) is 1. The largest absolute Gasteiger partial charge is 0.497 e. The Hall–Kier alpha value is -2.23. The lowest BCUT2D eigenvalue weighted by Gasteiger charge is -2.14. The fraction of sp³-hybridized carbons (Fsp3) is 0.188. The third-order valence-corrected chi connectivity index (χ3v) is 6.68. The maximum absolute atomic E-state index is 12.7. The molecule has 3 aromatic rings. The summed E-state index contributed by atoms with van der Waals surface area (Å²) in [6.07, 6.45) is 0. The number of aromatic nitrogens is 1. The number of benzene rings is 1. The summed E-state index contributed by atoms with van der Waals surface area (Å²) in [5.74, 6) is 1.21. The van der Waals surface area contributed by atoms with Crippen LogP contribution in [0.15, 0.2) is 39.1 Å². The predicted octanol–water partition coefficient (Wildman–Crippen LogP) is 4.18. The van der Waals surface area contributed by atoms with Crippen LogP contribution in [0.5, 0.6) is 11.5 Å². The number of anilines is 1. The van der Waals surface area contributed by atoms with Crippen LogP contribution < -0.4 is 14.2 Å². The Morgan fingerprint density at radius 3 is 2.58 bits per heavy atom. The molecule has 2 heterocycles. The van der Waals surface area contributed by atoms with Crippen LogP contribution in [0.1, 0.15) is 5.69 Å². The molecule has 0 radical (unpaired) electrons. The number of hydrogen-bond donors (Lipinski definition) is 1. The van der Waals surface area contributed by atoms with Crippen LogP contribution in [0.3, 0.4) is 0 Å². The first-order chi connectivity index (χ1) is 12.3. The Labute approximate surface area is 159 Å². The third-order valence-electron chi connectivity index (χ3n) is 3.44. The van der Waals surface area contributed by atoms with Gasteiger partial charge in [0.15, 0.2) is 5.76 Å². The number of nitrogens with zero attached hydrogens (tertiary/aromatic N) is 1. The summed E-state index contributed by atoms with van der Waals surface area (Å²) in [5.41, 5.74) is 0.853. The fourth-order valence-corrected chi connectivity index (χ4v) is 4.85. The van der Waals surface area contributed by atoms with Gasteiger partial charge in [0.05, 0.1) is 29.8 Å². The van der Waals surface area contributed by atoms with Crippen molar-refractivity contribution in [1.29, 1.82) is 0 Å². The number of ether oxygens (including phenoxy) is 2. The molecule has 3 rings (SSSR count). The molecule has 26 heavy (non-hydrogen) atoms. The maximum atomic E-state index is 12.7. The van der Waals surface area contributed by atoms with E-state index in [-0.39, 0.29) is 20.7 Å². The maximum Gasteiger partial charge on any atom is 0.271 e. The van der Waals surface area contributed by atoms with Gasteiger partial charge in [-0.15, -0.1) is 11.3 Å². The van der Waals surface area contributed by atoms with Crippen LogP contribution in [-0.2, 0) is 10.0 Å². The molecule has 0 aliphatic carbocycles. The Bertz CT molecular complexity index is 1040. The zero-order valence-electron chi connectivity index (χ0n) is 14.1. The van der Waals surface area contributed by atoms with E-state index in [0.29, 0.717) is 22.1 Å². The van der Waals surface area contributed by atoms with Crippen molar-refractivity contribution in [2.24, 2.45) is 0 Å². The van der Waals surface area contributed by atoms with Gasteiger partial charge >= 0.3 is 0 Å². The van der Waals surface area contributed by atoms with Crippen molar-refractivity contribution in [3.63, 3.8) is 0 Å². The molecular formula is C16H15ClN2O5S2. The van der Waals surface area contributed by atoms with Crippen molar-refractivity contribution in [3.8, 4) is 22.1 Å². The summed E-state index contributed by atoms with van der Waals surface area (Å²) >= 11 is 7.24. The fourth-order valence-electron chi connectivity index (χ4n) is 2.20. The highest BCUT2D eigenvalue weighted by atomic mass is 35.5. The Balaban J connectivity index is 1.94. The average molecular weight is 415 g/mol. The van der Waals surface area contributed by atoms with E-state index in [2.05, 4.69) is 9.88 Å². The molecule has 1 N–H and O–H groups in total. The minimum atomic E-state index is -3.87. The minimum Gasteiger partial charge on any atom is -0.497 e. The van der Waals surface area contributed by atoms with Crippen LogP contribution in [0.4, 0.5) is 5.69 Å². The van der Waals surface area contributed by atoms with Crippen LogP contribution in [-0.4, -0.2) is 27.8 Å². The number of rotatable bonds is 6. The van der Waals surface area contributed by atoms with Gasteiger partial charge in [0.25, 0.3) is 10.0 Å². The SMILES string of the molecule is COc1cc(Cl)c(NS(=O)(=O)c2ccc(-c3cc(C)no3)s2)c(OC)c1. The number of aryl methyl sites for hydroxylation is 1. The van der Waals surface area contributed by atoms with Crippen LogP contribution >= 0.6 is 22.9 Å². The standard InChI is InChI=1S/C16H15ClN2O5S2/c1-9-6-12(24-18-9)14-4-5-15(25-14)26(20,21)19-16-11(17)7-10(22-2)8-13(16)23-3/h4-8,19H,1-3H3. The smallest absolute Gasteiger partial charge is 0.271 e. The molecule has 0 spiro atoms. The average Bonchev–Trinajstić information content (AvgIpc) is 3.25. The van der Waals surface area contributed by atoms with E-state index in [1.165, 1.54) is 26.4 Å². The first kappa shape index (κ1) is 18.6. The lowest BCUT2D eigenvalue weighted by molar-refractivity contribution is 0.395. The second-order valence-electron chi connectivity index (χ2n) is 5.24. The highest BCUT2D eigenvalue weighted by molar-refractivity contribution is 7.94. The van der Waals surface area contributed by atoms with E-state index in [1.54, 1.807) is 25.1 Å². The first-order valence-electron chi connectivity index (χ1n) is 7.32. The highest BCUT2D eigenvalue weighted by Gasteiger charge is 2.22. The van der Waals surface area contributed by atoms with E-state index in [4.69, 9.17) is 25.6 Å². The molecule has 2 aromatic heterocycles. The summed E-state index contributed by atoms with van der Waals surface area (Å²) in [6, 6.07) is 7.93. The van der Waals surface area contributed by atoms with E-state index >= 15 is 0 Å². The minimum absolute atomic E-state index is 0.107. The van der Waals surface area contributed by atoms with Crippen molar-refractivity contribution in [2.45, 2.75) is 11.1 Å². The van der Waals surface area contributed by atoms with Crippen molar-refractivity contribution in [3.05, 3.63) is 41.0 Å². The number of hydrogen-bond acceptors (Lipinski definition) is 7. The molecule has 0 amide bonds. The molecule has 0 bridgehead atoms. The van der Waals surface area contributed by atoms with Gasteiger partial charge in [-0.25, -0.2) is 8.42 Å². The van der Waals surface area contributed by atoms with Gasteiger partial charge in [-0.3, -0.25) is 4.72 Å². The van der Waals surface area contributed by atoms with Gasteiger partial charge in [0.1, 0.15) is 21.4 Å². The van der Waals surface area contributed by atoms with Crippen LogP contribution in [0, 0.1) is 6.92 Å². The molecule has 0 saturated carbocycles. The Morgan fingerprint density at radius 1 is 1.19 bits per heavy atom. The highest BCUT2D eigenvalue weighted by Crippen LogP contribution is 2.39. The second-order valence-corrected chi connectivity index (χ2v) is 8.64. The zero-order valence-corrected chi connectivity index (χ0v) is 16.5. The van der Waals surface area contributed by atoms with E-state index in [9.17, 15) is 8.42 Å². The predicted molar refractivity (Wildman–Crippen MR) is 99.9 cm³/mol. The molecule has 1 aromatic carbocycles. The second kappa shape index (κ2) is 7.18. The lowest BCUT2D eigenvalue weighted by Crippen LogP contribution is -2.12. The molecule has 7 nitrogen and oxygen atoms in total. The van der Waals surface area contributed by atoms with E-state index in [1.807, 2.05) is 0 Å². The summed E-state index contributed by atoms with van der Waals surface area (Å²) in [7, 11) is -0.973. The zero-order chi connectivity index (χ0) is 18.9.